The molecule has 0 amide bonds. The molecule has 42 heavy (non-hydrogen) atoms. The van der Waals surface area contributed by atoms with Crippen LogP contribution in [0.15, 0.2) is 49.6 Å². The predicted molar refractivity (Wildman–Crippen MR) is 153 cm³/mol. The number of rotatable bonds is 8. The molecular weight excluding hydrogens is 536 g/mol. The summed E-state index contributed by atoms with van der Waals surface area (Å²) in [4.78, 5) is 26.7. The highest BCUT2D eigenvalue weighted by Gasteiger charge is 2.34. The Morgan fingerprint density at radius 3 is 1.48 bits per heavy atom. The fourth-order valence-corrected chi connectivity index (χ4v) is 6.11. The lowest BCUT2D eigenvalue weighted by atomic mass is 10.0. The van der Waals surface area contributed by atoms with E-state index in [1.165, 1.54) is 12.7 Å². The van der Waals surface area contributed by atoms with Crippen molar-refractivity contribution >= 4 is 22.3 Å². The van der Waals surface area contributed by atoms with Gasteiger partial charge in [0, 0.05) is 0 Å². The van der Waals surface area contributed by atoms with Gasteiger partial charge in [0.15, 0.2) is 22.3 Å². The van der Waals surface area contributed by atoms with Crippen LogP contribution in [0.25, 0.3) is 22.3 Å². The van der Waals surface area contributed by atoms with E-state index < -0.39 is 0 Å². The van der Waals surface area contributed by atoms with Gasteiger partial charge in [-0.1, -0.05) is 27.7 Å². The summed E-state index contributed by atoms with van der Waals surface area (Å²) in [6.07, 6.45) is 10.5. The van der Waals surface area contributed by atoms with E-state index in [1.807, 2.05) is 33.4 Å². The van der Waals surface area contributed by atoms with Crippen LogP contribution >= 0.6 is 0 Å². The molecule has 2 aliphatic heterocycles. The smallest absolute Gasteiger partial charge is 0.250 e. The highest BCUT2D eigenvalue weighted by molar-refractivity contribution is 5.77. The van der Waals surface area contributed by atoms with Crippen LogP contribution in [0.3, 0.4) is 0 Å². The van der Waals surface area contributed by atoms with Crippen LogP contribution in [0.4, 0.5) is 0 Å². The highest BCUT2D eigenvalue weighted by Crippen LogP contribution is 2.38. The third kappa shape index (κ3) is 4.74. The normalized spacial score (nSPS) is 25.9. The molecule has 2 aliphatic rings. The second-order valence-corrected chi connectivity index (χ2v) is 11.2. The Bertz CT molecular complexity index is 1580. The van der Waals surface area contributed by atoms with Crippen molar-refractivity contribution in [3.05, 3.63) is 49.6 Å². The van der Waals surface area contributed by atoms with E-state index in [4.69, 9.17) is 18.9 Å². The quantitative estimate of drug-likeness (QED) is 0.212. The lowest BCUT2D eigenvalue weighted by Crippen LogP contribution is -2.12. The van der Waals surface area contributed by atoms with Crippen molar-refractivity contribution < 1.29 is 18.9 Å². The van der Waals surface area contributed by atoms with E-state index in [0.717, 1.165) is 25.7 Å². The molecule has 6 atom stereocenters. The molecule has 0 spiro atoms. The van der Waals surface area contributed by atoms with Crippen molar-refractivity contribution in [2.45, 2.75) is 78.0 Å². The van der Waals surface area contributed by atoms with Gasteiger partial charge in [0.05, 0.1) is 24.9 Å². The topological polar surface area (TPSA) is 124 Å². The lowest BCUT2D eigenvalue weighted by Gasteiger charge is -2.14. The third-order valence-corrected chi connectivity index (χ3v) is 8.41. The summed E-state index contributed by atoms with van der Waals surface area (Å²) in [7, 11) is 0. The number of nitrogens with zero attached hydrogens (tertiary/aromatic N) is 8. The second-order valence-electron chi connectivity index (χ2n) is 11.2. The first-order chi connectivity index (χ1) is 20.5. The van der Waals surface area contributed by atoms with Gasteiger partial charge in [0.1, 0.15) is 36.6 Å². The van der Waals surface area contributed by atoms with Gasteiger partial charge >= 0.3 is 0 Å². The molecule has 4 aromatic heterocycles. The number of hydrogen-bond acceptors (Lipinski definition) is 10. The first-order valence-corrected chi connectivity index (χ1v) is 14.6. The summed E-state index contributed by atoms with van der Waals surface area (Å²) in [5, 5.41) is 0. The van der Waals surface area contributed by atoms with Crippen LogP contribution in [-0.2, 0) is 9.47 Å². The first kappa shape index (κ1) is 26.7. The van der Waals surface area contributed by atoms with Crippen LogP contribution < -0.4 is 9.47 Å². The SMILES string of the molecule is CC[C@H]1O[C@@H](n2cnc3c(Oc4ccc(Oc5ncnc6c5ncn6[C@H]5C[C@@H](C)[C@@H](CC)O5)cc4)ncnc32)CC1C. The van der Waals surface area contributed by atoms with Crippen molar-refractivity contribution in [1.29, 1.82) is 0 Å². The molecule has 5 aromatic rings. The van der Waals surface area contributed by atoms with Gasteiger partial charge in [0.25, 0.3) is 11.8 Å². The zero-order valence-electron chi connectivity index (χ0n) is 24.1. The number of benzene rings is 1. The summed E-state index contributed by atoms with van der Waals surface area (Å²) in [5.41, 5.74) is 2.53. The fourth-order valence-electron chi connectivity index (χ4n) is 6.11. The van der Waals surface area contributed by atoms with E-state index in [1.54, 1.807) is 12.7 Å². The average Bonchev–Trinajstić information content (AvgIpc) is 3.79. The number of imidazole rings is 2. The Balaban J connectivity index is 1.07. The molecule has 7 rings (SSSR count). The van der Waals surface area contributed by atoms with E-state index in [-0.39, 0.29) is 24.7 Å². The molecular formula is C30H34N8O4. The van der Waals surface area contributed by atoms with Crippen LogP contribution in [0.1, 0.15) is 65.8 Å². The Labute approximate surface area is 243 Å². The number of fused-ring (bicyclic) bond motifs is 2. The molecule has 2 fully saturated rings. The standard InChI is InChI=1S/C30H34N8O4/c1-5-21-17(3)11-23(41-21)37-15-35-25-27(37)31-13-33-29(25)39-19-7-9-20(10-8-19)40-30-26-28(32-14-34-30)38(16-36-26)24-12-18(4)22(6-2)42-24/h7-10,13-18,21-24H,5-6,11-12H2,1-4H3/t17-,18?,21-,22-,23-,24-/m1/s1. The minimum absolute atomic E-state index is 0.101. The minimum atomic E-state index is -0.101. The van der Waals surface area contributed by atoms with E-state index in [2.05, 4.69) is 57.6 Å². The van der Waals surface area contributed by atoms with E-state index in [9.17, 15) is 0 Å². The Morgan fingerprint density at radius 2 is 1.10 bits per heavy atom. The van der Waals surface area contributed by atoms with Crippen molar-refractivity contribution in [3.63, 3.8) is 0 Å². The van der Waals surface area contributed by atoms with Crippen LogP contribution in [0.2, 0.25) is 0 Å². The van der Waals surface area contributed by atoms with Crippen molar-refractivity contribution in [3.8, 4) is 23.3 Å². The number of hydrogen-bond donors (Lipinski definition) is 0. The number of ether oxygens (including phenoxy) is 4. The third-order valence-electron chi connectivity index (χ3n) is 8.41. The maximum atomic E-state index is 6.25. The van der Waals surface area contributed by atoms with Gasteiger partial charge in [-0.25, -0.2) is 19.9 Å². The van der Waals surface area contributed by atoms with Gasteiger partial charge in [-0.05, 0) is 61.8 Å². The molecule has 0 saturated carbocycles. The highest BCUT2D eigenvalue weighted by atomic mass is 16.5. The molecule has 12 nitrogen and oxygen atoms in total. The predicted octanol–water partition coefficient (Wildman–Crippen LogP) is 6.22. The largest absolute Gasteiger partial charge is 0.437 e. The molecule has 6 heterocycles. The van der Waals surface area contributed by atoms with Crippen LogP contribution in [-0.4, -0.2) is 51.2 Å². The molecule has 0 bridgehead atoms. The molecule has 2 saturated heterocycles. The van der Waals surface area contributed by atoms with Crippen LogP contribution in [0, 0.1) is 11.8 Å². The molecule has 0 aliphatic carbocycles. The Hall–Kier alpha value is -4.16. The molecule has 0 radical (unpaired) electrons. The summed E-state index contributed by atoms with van der Waals surface area (Å²) in [5.74, 6) is 2.88. The van der Waals surface area contributed by atoms with Gasteiger partial charge in [-0.15, -0.1) is 0 Å². The molecule has 1 unspecified atom stereocenters. The first-order valence-electron chi connectivity index (χ1n) is 14.6. The second kappa shape index (κ2) is 10.9. The monoisotopic (exact) mass is 570 g/mol. The van der Waals surface area contributed by atoms with Crippen molar-refractivity contribution in [2.24, 2.45) is 11.8 Å². The van der Waals surface area contributed by atoms with Gasteiger partial charge < -0.3 is 18.9 Å². The van der Waals surface area contributed by atoms with Crippen molar-refractivity contribution in [1.82, 2.24) is 39.0 Å². The summed E-state index contributed by atoms with van der Waals surface area (Å²) < 4.78 is 28.7. The molecule has 218 valence electrons. The Kier molecular flexibility index (Phi) is 6.95. The lowest BCUT2D eigenvalue weighted by molar-refractivity contribution is -0.00320. The Morgan fingerprint density at radius 1 is 0.667 bits per heavy atom. The van der Waals surface area contributed by atoms with Gasteiger partial charge in [-0.3, -0.25) is 9.13 Å². The van der Waals surface area contributed by atoms with E-state index in [0.29, 0.717) is 57.4 Å². The van der Waals surface area contributed by atoms with E-state index >= 15 is 0 Å². The maximum absolute atomic E-state index is 6.25. The molecule has 12 heteroatoms. The number of aromatic nitrogens is 8. The van der Waals surface area contributed by atoms with Crippen LogP contribution in [0.5, 0.6) is 23.3 Å². The summed E-state index contributed by atoms with van der Waals surface area (Å²) in [6, 6.07) is 7.24. The zero-order chi connectivity index (χ0) is 28.8. The molecule has 1 aromatic carbocycles. The average molecular weight is 571 g/mol. The maximum Gasteiger partial charge on any atom is 0.250 e. The molecule has 0 N–H and O–H groups in total. The fraction of sp³-hybridized carbons (Fsp3) is 0.467. The minimum Gasteiger partial charge on any atom is -0.437 e. The zero-order valence-corrected chi connectivity index (χ0v) is 24.1. The van der Waals surface area contributed by atoms with Gasteiger partial charge in [-0.2, -0.15) is 9.97 Å². The summed E-state index contributed by atoms with van der Waals surface area (Å²) >= 11 is 0. The summed E-state index contributed by atoms with van der Waals surface area (Å²) in [6.45, 7) is 8.74. The van der Waals surface area contributed by atoms with Crippen molar-refractivity contribution in [2.75, 3.05) is 0 Å². The van der Waals surface area contributed by atoms with Gasteiger partial charge in [0.2, 0.25) is 0 Å².